The molecule has 1 aliphatic rings. The number of rotatable bonds is 11. The van der Waals surface area contributed by atoms with Gasteiger partial charge in [-0.1, -0.05) is 42.5 Å². The molecule has 1 aliphatic carbocycles. The van der Waals surface area contributed by atoms with E-state index in [2.05, 4.69) is 36.1 Å². The Morgan fingerprint density at radius 1 is 1.04 bits per heavy atom. The summed E-state index contributed by atoms with van der Waals surface area (Å²) in [6.07, 6.45) is 2.11. The van der Waals surface area contributed by atoms with Crippen LogP contribution < -0.4 is 4.74 Å². The van der Waals surface area contributed by atoms with Crippen LogP contribution in [0.3, 0.4) is 0 Å². The molecule has 27 heavy (non-hydrogen) atoms. The molecule has 0 unspecified atom stereocenters. The van der Waals surface area contributed by atoms with Gasteiger partial charge in [-0.25, -0.2) is 0 Å². The third kappa shape index (κ3) is 6.35. The van der Waals surface area contributed by atoms with Crippen LogP contribution in [0.2, 0.25) is 0 Å². The lowest BCUT2D eigenvalue weighted by Gasteiger charge is -2.31. The Morgan fingerprint density at radius 2 is 1.74 bits per heavy atom. The summed E-state index contributed by atoms with van der Waals surface area (Å²) in [7, 11) is 1.66. The Hall–Kier alpha value is -1.88. The second-order valence-corrected chi connectivity index (χ2v) is 7.51. The second-order valence-electron chi connectivity index (χ2n) is 7.51. The van der Waals surface area contributed by atoms with Crippen molar-refractivity contribution in [3.8, 4) is 5.75 Å². The van der Waals surface area contributed by atoms with Crippen LogP contribution in [0.4, 0.5) is 0 Å². The SMILES string of the molecule is COc1ccc(COC[C@H](O)CN(Cc2ccccc2)[C@H](C)C2CC2)cc1. The van der Waals surface area contributed by atoms with Gasteiger partial charge >= 0.3 is 0 Å². The van der Waals surface area contributed by atoms with Gasteiger partial charge in [0.1, 0.15) is 5.75 Å². The zero-order valence-corrected chi connectivity index (χ0v) is 16.4. The molecule has 0 bridgehead atoms. The smallest absolute Gasteiger partial charge is 0.118 e. The van der Waals surface area contributed by atoms with E-state index in [0.717, 1.165) is 23.8 Å². The number of benzene rings is 2. The quantitative estimate of drug-likeness (QED) is 0.653. The first-order chi connectivity index (χ1) is 13.2. The minimum Gasteiger partial charge on any atom is -0.497 e. The van der Waals surface area contributed by atoms with Gasteiger partial charge in [-0.15, -0.1) is 0 Å². The normalized spacial score (nSPS) is 16.3. The van der Waals surface area contributed by atoms with E-state index >= 15 is 0 Å². The fraction of sp³-hybridized carbons (Fsp3) is 0.478. The van der Waals surface area contributed by atoms with E-state index in [1.54, 1.807) is 7.11 Å². The highest BCUT2D eigenvalue weighted by Crippen LogP contribution is 2.35. The Morgan fingerprint density at radius 3 is 2.37 bits per heavy atom. The summed E-state index contributed by atoms with van der Waals surface area (Å²) in [5, 5.41) is 10.5. The standard InChI is InChI=1S/C23H31NO3/c1-18(21-10-11-21)24(14-19-6-4-3-5-7-19)15-22(25)17-27-16-20-8-12-23(26-2)13-9-20/h3-9,12-13,18,21-22,25H,10-11,14-17H2,1-2H3/t18-,22-/m1/s1. The molecule has 4 heteroatoms. The van der Waals surface area contributed by atoms with Gasteiger partial charge in [0.05, 0.1) is 26.4 Å². The molecular formula is C23H31NO3. The first-order valence-electron chi connectivity index (χ1n) is 9.82. The van der Waals surface area contributed by atoms with Crippen LogP contribution in [0, 0.1) is 5.92 Å². The van der Waals surface area contributed by atoms with Gasteiger partial charge in [0.25, 0.3) is 0 Å². The zero-order chi connectivity index (χ0) is 19.1. The number of hydrogen-bond donors (Lipinski definition) is 1. The molecule has 4 nitrogen and oxygen atoms in total. The Balaban J connectivity index is 1.48. The first-order valence-corrected chi connectivity index (χ1v) is 9.82. The topological polar surface area (TPSA) is 41.9 Å². The average Bonchev–Trinajstić information content (AvgIpc) is 3.53. The molecule has 0 spiro atoms. The number of methoxy groups -OCH3 is 1. The molecule has 2 atom stereocenters. The van der Waals surface area contributed by atoms with Crippen molar-refractivity contribution >= 4 is 0 Å². The number of nitrogens with zero attached hydrogens (tertiary/aromatic N) is 1. The fourth-order valence-corrected chi connectivity index (χ4v) is 3.43. The number of ether oxygens (including phenoxy) is 2. The van der Waals surface area contributed by atoms with Crippen LogP contribution >= 0.6 is 0 Å². The molecular weight excluding hydrogens is 338 g/mol. The molecule has 0 aliphatic heterocycles. The molecule has 1 saturated carbocycles. The van der Waals surface area contributed by atoms with Crippen molar-refractivity contribution in [2.45, 2.75) is 45.1 Å². The summed E-state index contributed by atoms with van der Waals surface area (Å²) in [6.45, 7) is 4.63. The van der Waals surface area contributed by atoms with Crippen molar-refractivity contribution < 1.29 is 14.6 Å². The molecule has 0 saturated heterocycles. The average molecular weight is 370 g/mol. The van der Waals surface area contributed by atoms with Gasteiger partial charge in [-0.05, 0) is 48.9 Å². The lowest BCUT2D eigenvalue weighted by Crippen LogP contribution is -2.41. The van der Waals surface area contributed by atoms with E-state index < -0.39 is 6.10 Å². The molecule has 2 aromatic rings. The van der Waals surface area contributed by atoms with Crippen molar-refractivity contribution in [3.63, 3.8) is 0 Å². The van der Waals surface area contributed by atoms with Crippen LogP contribution in [-0.2, 0) is 17.9 Å². The summed E-state index contributed by atoms with van der Waals surface area (Å²) in [6, 6.07) is 18.8. The third-order valence-electron chi connectivity index (χ3n) is 5.29. The Kier molecular flexibility index (Phi) is 7.27. The van der Waals surface area contributed by atoms with Crippen LogP contribution in [0.25, 0.3) is 0 Å². The molecule has 0 radical (unpaired) electrons. The predicted molar refractivity (Wildman–Crippen MR) is 108 cm³/mol. The minimum atomic E-state index is -0.492. The van der Waals surface area contributed by atoms with Crippen molar-refractivity contribution in [1.82, 2.24) is 4.90 Å². The first kappa shape index (κ1) is 19.9. The van der Waals surface area contributed by atoms with Crippen LogP contribution in [0.5, 0.6) is 5.75 Å². The predicted octanol–water partition coefficient (Wildman–Crippen LogP) is 3.87. The molecule has 3 rings (SSSR count). The summed E-state index contributed by atoms with van der Waals surface area (Å²) in [4.78, 5) is 2.40. The van der Waals surface area contributed by atoms with Crippen molar-refractivity contribution in [2.75, 3.05) is 20.3 Å². The van der Waals surface area contributed by atoms with Crippen LogP contribution in [0.1, 0.15) is 30.9 Å². The van der Waals surface area contributed by atoms with E-state index in [4.69, 9.17) is 9.47 Å². The largest absolute Gasteiger partial charge is 0.497 e. The highest BCUT2D eigenvalue weighted by atomic mass is 16.5. The molecule has 146 valence electrons. The number of hydrogen-bond acceptors (Lipinski definition) is 4. The Labute approximate surface area is 162 Å². The molecule has 2 aromatic carbocycles. The number of aliphatic hydroxyl groups excluding tert-OH is 1. The molecule has 1 N–H and O–H groups in total. The van der Waals surface area contributed by atoms with Gasteiger partial charge in [0, 0.05) is 19.1 Å². The van der Waals surface area contributed by atoms with Crippen molar-refractivity contribution in [1.29, 1.82) is 0 Å². The van der Waals surface area contributed by atoms with Crippen molar-refractivity contribution in [3.05, 3.63) is 65.7 Å². The van der Waals surface area contributed by atoms with E-state index in [1.165, 1.54) is 18.4 Å². The maximum atomic E-state index is 10.5. The fourth-order valence-electron chi connectivity index (χ4n) is 3.43. The van der Waals surface area contributed by atoms with Gasteiger partial charge in [-0.2, -0.15) is 0 Å². The zero-order valence-electron chi connectivity index (χ0n) is 16.4. The lowest BCUT2D eigenvalue weighted by molar-refractivity contribution is -0.000131. The van der Waals surface area contributed by atoms with E-state index in [1.807, 2.05) is 30.3 Å². The van der Waals surface area contributed by atoms with E-state index in [0.29, 0.717) is 25.8 Å². The van der Waals surface area contributed by atoms with Gasteiger partial charge in [-0.3, -0.25) is 4.90 Å². The third-order valence-corrected chi connectivity index (χ3v) is 5.29. The van der Waals surface area contributed by atoms with Crippen molar-refractivity contribution in [2.24, 2.45) is 5.92 Å². The summed E-state index contributed by atoms with van der Waals surface area (Å²) < 4.78 is 10.9. The Bertz CT molecular complexity index is 670. The molecule has 0 heterocycles. The highest BCUT2D eigenvalue weighted by Gasteiger charge is 2.32. The lowest BCUT2D eigenvalue weighted by atomic mass is 10.1. The van der Waals surface area contributed by atoms with Gasteiger partial charge < -0.3 is 14.6 Å². The van der Waals surface area contributed by atoms with Crippen LogP contribution in [-0.4, -0.2) is 42.4 Å². The highest BCUT2D eigenvalue weighted by molar-refractivity contribution is 5.26. The maximum absolute atomic E-state index is 10.5. The van der Waals surface area contributed by atoms with Gasteiger partial charge in [0.2, 0.25) is 0 Å². The van der Waals surface area contributed by atoms with Gasteiger partial charge in [0.15, 0.2) is 0 Å². The second kappa shape index (κ2) is 9.88. The van der Waals surface area contributed by atoms with E-state index in [9.17, 15) is 5.11 Å². The molecule has 1 fully saturated rings. The molecule has 0 amide bonds. The monoisotopic (exact) mass is 369 g/mol. The number of aliphatic hydroxyl groups is 1. The maximum Gasteiger partial charge on any atom is 0.118 e. The minimum absolute atomic E-state index is 0.342. The molecule has 0 aromatic heterocycles. The summed E-state index contributed by atoms with van der Waals surface area (Å²) >= 11 is 0. The van der Waals surface area contributed by atoms with E-state index in [-0.39, 0.29) is 0 Å². The summed E-state index contributed by atoms with van der Waals surface area (Å²) in [5.41, 5.74) is 2.37. The summed E-state index contributed by atoms with van der Waals surface area (Å²) in [5.74, 6) is 1.60. The van der Waals surface area contributed by atoms with Crippen LogP contribution in [0.15, 0.2) is 54.6 Å².